The summed E-state index contributed by atoms with van der Waals surface area (Å²) in [5.41, 5.74) is 3.41. The summed E-state index contributed by atoms with van der Waals surface area (Å²) in [4.78, 5) is 28.1. The van der Waals surface area contributed by atoms with Crippen LogP contribution in [0.15, 0.2) is 36.7 Å². The quantitative estimate of drug-likeness (QED) is 0.236. The number of aryl methyl sites for hydroxylation is 2. The van der Waals surface area contributed by atoms with Crippen molar-refractivity contribution in [3.05, 3.63) is 47.8 Å². The van der Waals surface area contributed by atoms with Crippen LogP contribution in [0.1, 0.15) is 15.9 Å². The van der Waals surface area contributed by atoms with Gasteiger partial charge in [0.05, 0.1) is 23.6 Å². The van der Waals surface area contributed by atoms with Crippen LogP contribution in [0.25, 0.3) is 32.6 Å². The van der Waals surface area contributed by atoms with E-state index < -0.39 is 0 Å². The zero-order valence-electron chi connectivity index (χ0n) is 18.4. The number of ether oxygens (including phenoxy) is 1. The Morgan fingerprint density at radius 1 is 1.09 bits per heavy atom. The molecule has 0 radical (unpaired) electrons. The normalized spacial score (nSPS) is 10.8. The maximum atomic E-state index is 13.3. The van der Waals surface area contributed by atoms with Gasteiger partial charge in [0.25, 0.3) is 5.91 Å². The summed E-state index contributed by atoms with van der Waals surface area (Å²) in [6.45, 7) is 2.72. The number of H-pyrrole nitrogens is 1. The number of benzene rings is 2. The minimum Gasteiger partial charge on any atom is -1.00 e. The lowest BCUT2D eigenvalue weighted by Gasteiger charge is -2.12. The predicted molar refractivity (Wildman–Crippen MR) is 121 cm³/mol. The van der Waals surface area contributed by atoms with Crippen molar-refractivity contribution in [3.63, 3.8) is 0 Å². The van der Waals surface area contributed by atoms with Gasteiger partial charge in [-0.05, 0) is 30.7 Å². The lowest BCUT2D eigenvalue weighted by atomic mass is 9.95. The summed E-state index contributed by atoms with van der Waals surface area (Å²) in [6, 6.07) is 7.54. The number of hydrogen-bond acceptors (Lipinski definition) is 3. The second-order valence-corrected chi connectivity index (χ2v) is 7.49. The first kappa shape index (κ1) is 23.1. The van der Waals surface area contributed by atoms with Gasteiger partial charge in [0, 0.05) is 47.9 Å². The molecule has 0 saturated heterocycles. The highest BCUT2D eigenvalue weighted by atomic mass is 35.5. The fourth-order valence-corrected chi connectivity index (χ4v) is 4.02. The molecule has 4 N–H and O–H groups in total. The molecule has 0 aliphatic carbocycles. The maximum absolute atomic E-state index is 13.3. The number of urea groups is 1. The molecule has 0 bridgehead atoms. The molecule has 0 atom stereocenters. The van der Waals surface area contributed by atoms with E-state index in [0.29, 0.717) is 18.7 Å². The fraction of sp³-hybridized carbons (Fsp3) is 0.261. The second-order valence-electron chi connectivity index (χ2n) is 7.49. The Hall–Kier alpha value is -3.52. The highest BCUT2D eigenvalue weighted by molar-refractivity contribution is 6.24. The molecule has 0 saturated carbocycles. The van der Waals surface area contributed by atoms with Gasteiger partial charge in [-0.1, -0.05) is 0 Å². The van der Waals surface area contributed by atoms with E-state index in [1.165, 1.54) is 0 Å². The zero-order chi connectivity index (χ0) is 22.1. The molecule has 0 aliphatic heterocycles. The number of fused-ring (bicyclic) bond motifs is 4. The molecule has 2 heterocycles. The van der Waals surface area contributed by atoms with Crippen LogP contribution >= 0.6 is 0 Å². The number of aromatic amines is 1. The summed E-state index contributed by atoms with van der Waals surface area (Å²) in [6.07, 6.45) is 3.97. The second kappa shape index (κ2) is 9.32. The molecule has 168 valence electrons. The summed E-state index contributed by atoms with van der Waals surface area (Å²) in [7, 11) is 5.16. The van der Waals surface area contributed by atoms with Gasteiger partial charge in [-0.25, -0.2) is 9.36 Å². The van der Waals surface area contributed by atoms with E-state index >= 15 is 0 Å². The highest BCUT2D eigenvalue weighted by Gasteiger charge is 2.22. The number of rotatable bonds is 5. The van der Waals surface area contributed by atoms with Crippen LogP contribution in [0, 0.1) is 6.92 Å². The number of nitrogens with one attached hydrogen (secondary N) is 4. The van der Waals surface area contributed by atoms with Crippen LogP contribution in [0.3, 0.4) is 0 Å². The Morgan fingerprint density at radius 2 is 1.84 bits per heavy atom. The third-order valence-electron chi connectivity index (χ3n) is 5.55. The van der Waals surface area contributed by atoms with Gasteiger partial charge >= 0.3 is 6.03 Å². The number of nitrogens with zero attached hydrogens (tertiary/aromatic N) is 1. The smallest absolute Gasteiger partial charge is 0.314 e. The molecule has 4 aromatic rings. The number of carbonyl (C=O) groups excluding carboxylic acids is 2. The van der Waals surface area contributed by atoms with Crippen molar-refractivity contribution in [2.45, 2.75) is 6.92 Å². The van der Waals surface area contributed by atoms with Gasteiger partial charge in [0.15, 0.2) is 12.4 Å². The largest absolute Gasteiger partial charge is 1.00 e. The van der Waals surface area contributed by atoms with Crippen LogP contribution < -0.4 is 37.7 Å². The van der Waals surface area contributed by atoms with E-state index in [1.54, 1.807) is 14.2 Å². The molecule has 0 unspecified atom stereocenters. The highest BCUT2D eigenvalue weighted by Crippen LogP contribution is 2.37. The van der Waals surface area contributed by atoms with Crippen molar-refractivity contribution >= 4 is 44.5 Å². The Kier molecular flexibility index (Phi) is 6.74. The first-order chi connectivity index (χ1) is 14.9. The van der Waals surface area contributed by atoms with Gasteiger partial charge in [-0.15, -0.1) is 0 Å². The number of pyridine rings is 1. The molecular weight excluding hydrogens is 430 g/mol. The average Bonchev–Trinajstić information content (AvgIpc) is 3.15. The Labute approximate surface area is 191 Å². The van der Waals surface area contributed by atoms with Crippen LogP contribution in [0.4, 0.5) is 4.79 Å². The van der Waals surface area contributed by atoms with Crippen molar-refractivity contribution in [1.29, 1.82) is 0 Å². The molecule has 8 nitrogen and oxygen atoms in total. The number of carbonyl (C=O) groups is 2. The van der Waals surface area contributed by atoms with Crippen LogP contribution in [-0.2, 0) is 7.05 Å². The van der Waals surface area contributed by atoms with Crippen molar-refractivity contribution in [1.82, 2.24) is 20.9 Å². The number of amides is 3. The number of hydrogen-bond donors (Lipinski definition) is 4. The van der Waals surface area contributed by atoms with E-state index in [1.807, 2.05) is 48.3 Å². The van der Waals surface area contributed by atoms with Crippen molar-refractivity contribution < 1.29 is 31.3 Å². The molecule has 3 amide bonds. The van der Waals surface area contributed by atoms with Crippen molar-refractivity contribution in [3.8, 4) is 5.75 Å². The lowest BCUT2D eigenvalue weighted by Crippen LogP contribution is -3.00. The average molecular weight is 456 g/mol. The minimum atomic E-state index is -0.283. The van der Waals surface area contributed by atoms with Crippen molar-refractivity contribution in [2.75, 3.05) is 27.2 Å². The topological polar surface area (TPSA) is 99.1 Å². The van der Waals surface area contributed by atoms with Gasteiger partial charge in [0.2, 0.25) is 0 Å². The molecule has 2 aromatic heterocycles. The predicted octanol–water partition coefficient (Wildman–Crippen LogP) is -0.721. The van der Waals surface area contributed by atoms with Crippen LogP contribution in [0.5, 0.6) is 5.75 Å². The van der Waals surface area contributed by atoms with Gasteiger partial charge in [-0.3, -0.25) is 4.79 Å². The third kappa shape index (κ3) is 4.01. The lowest BCUT2D eigenvalue weighted by molar-refractivity contribution is -0.670. The number of methoxy groups -OCH3 is 1. The molecule has 9 heteroatoms. The zero-order valence-corrected chi connectivity index (χ0v) is 19.2. The van der Waals surface area contributed by atoms with Gasteiger partial charge in [-0.2, -0.15) is 0 Å². The van der Waals surface area contributed by atoms with Crippen LogP contribution in [-0.4, -0.2) is 44.2 Å². The molecule has 0 fully saturated rings. The van der Waals surface area contributed by atoms with E-state index in [0.717, 1.165) is 43.9 Å². The fourth-order valence-electron chi connectivity index (χ4n) is 4.02. The number of halogens is 1. The molecular formula is C23H26ClN5O3. The summed E-state index contributed by atoms with van der Waals surface area (Å²) < 4.78 is 7.40. The Bertz CT molecular complexity index is 1330. The third-order valence-corrected chi connectivity index (χ3v) is 5.55. The first-order valence-electron chi connectivity index (χ1n) is 10.1. The number of aromatic nitrogens is 2. The van der Waals surface area contributed by atoms with Crippen molar-refractivity contribution in [2.24, 2.45) is 7.05 Å². The molecule has 2 aromatic carbocycles. The Balaban J connectivity index is 0.00000289. The first-order valence-corrected chi connectivity index (χ1v) is 10.1. The summed E-state index contributed by atoms with van der Waals surface area (Å²) in [5, 5.41) is 12.0. The Morgan fingerprint density at radius 3 is 2.56 bits per heavy atom. The standard InChI is InChI=1S/C23H25N5O3.ClH/c1-13-17-12-28(3)10-7-15(17)20(22(29)25-8-9-26-23(30)24-2)21-19(13)16-11-14(31-4)5-6-18(16)27-21;/h5-7,10-12H,8-9H2,1-4H3,(H3,24,25,26,29,30);1H. The van der Waals surface area contributed by atoms with E-state index in [2.05, 4.69) is 27.9 Å². The summed E-state index contributed by atoms with van der Waals surface area (Å²) in [5.74, 6) is 0.568. The SMILES string of the molecule is CNC(=O)NCCNC(=O)c1c2cc[n+](C)cc2c(C)c2c1[nH]c1ccc(OC)cc12.[Cl-]. The van der Waals surface area contributed by atoms with E-state index in [4.69, 9.17) is 4.74 Å². The minimum absolute atomic E-state index is 0. The van der Waals surface area contributed by atoms with Crippen LogP contribution in [0.2, 0.25) is 0 Å². The molecule has 0 aliphatic rings. The molecule has 32 heavy (non-hydrogen) atoms. The maximum Gasteiger partial charge on any atom is 0.314 e. The van der Waals surface area contributed by atoms with E-state index in [-0.39, 0.29) is 24.3 Å². The van der Waals surface area contributed by atoms with Gasteiger partial charge in [0.1, 0.15) is 12.8 Å². The summed E-state index contributed by atoms with van der Waals surface area (Å²) >= 11 is 0. The monoisotopic (exact) mass is 455 g/mol. The van der Waals surface area contributed by atoms with Gasteiger partial charge < -0.3 is 38.1 Å². The van der Waals surface area contributed by atoms with E-state index in [9.17, 15) is 9.59 Å². The molecule has 4 rings (SSSR count). The molecule has 0 spiro atoms.